The van der Waals surface area contributed by atoms with Gasteiger partial charge in [0.15, 0.2) is 0 Å². The number of esters is 1. The van der Waals surface area contributed by atoms with Crippen LogP contribution in [0.4, 0.5) is 0 Å². The lowest BCUT2D eigenvalue weighted by Gasteiger charge is -2.28. The summed E-state index contributed by atoms with van der Waals surface area (Å²) in [6.07, 6.45) is 1.31. The lowest BCUT2D eigenvalue weighted by atomic mass is 9.76. The van der Waals surface area contributed by atoms with E-state index in [2.05, 4.69) is 0 Å². The van der Waals surface area contributed by atoms with E-state index in [4.69, 9.17) is 4.74 Å². The first-order chi connectivity index (χ1) is 6.56. The minimum atomic E-state index is -0.140. The Hall–Kier alpha value is -0.860. The maximum absolute atomic E-state index is 11.5. The lowest BCUT2D eigenvalue weighted by molar-refractivity contribution is -0.151. The summed E-state index contributed by atoms with van der Waals surface area (Å²) in [6.45, 7) is 6.01. The summed E-state index contributed by atoms with van der Waals surface area (Å²) in [6, 6.07) is 0. The molecule has 0 bridgehead atoms. The van der Waals surface area contributed by atoms with Crippen molar-refractivity contribution in [3.63, 3.8) is 0 Å². The van der Waals surface area contributed by atoms with Gasteiger partial charge in [-0.2, -0.15) is 0 Å². The van der Waals surface area contributed by atoms with Crippen molar-refractivity contribution < 1.29 is 14.3 Å². The highest BCUT2D eigenvalue weighted by atomic mass is 16.5. The number of hydrogen-bond acceptors (Lipinski definition) is 3. The Bertz CT molecular complexity index is 221. The van der Waals surface area contributed by atoms with E-state index in [-0.39, 0.29) is 29.5 Å². The first-order valence-corrected chi connectivity index (χ1v) is 5.26. The van der Waals surface area contributed by atoms with E-state index in [9.17, 15) is 9.59 Å². The van der Waals surface area contributed by atoms with Gasteiger partial charge in [-0.25, -0.2) is 0 Å². The van der Waals surface area contributed by atoms with Crippen molar-refractivity contribution in [3.05, 3.63) is 0 Å². The molecular weight excluding hydrogens is 180 g/mol. The summed E-state index contributed by atoms with van der Waals surface area (Å²) in [5.41, 5.74) is 0. The van der Waals surface area contributed by atoms with Crippen LogP contribution in [0.3, 0.4) is 0 Å². The number of hydrogen-bond donors (Lipinski definition) is 0. The number of ether oxygens (including phenoxy) is 1. The molecule has 0 aliphatic heterocycles. The molecule has 80 valence electrons. The van der Waals surface area contributed by atoms with Gasteiger partial charge in [0.2, 0.25) is 0 Å². The Morgan fingerprint density at radius 3 is 2.29 bits per heavy atom. The maximum Gasteiger partial charge on any atom is 0.308 e. The minimum absolute atomic E-state index is 0.00755. The fourth-order valence-electron chi connectivity index (χ4n) is 2.12. The maximum atomic E-state index is 11.5. The Balaban J connectivity index is 2.57. The lowest BCUT2D eigenvalue weighted by Crippen LogP contribution is -2.34. The van der Waals surface area contributed by atoms with E-state index in [0.717, 1.165) is 0 Å². The van der Waals surface area contributed by atoms with E-state index < -0.39 is 0 Å². The van der Waals surface area contributed by atoms with E-state index in [1.165, 1.54) is 0 Å². The molecule has 0 saturated heterocycles. The van der Waals surface area contributed by atoms with Crippen LogP contribution in [-0.4, -0.2) is 18.4 Å². The van der Waals surface area contributed by atoms with Crippen LogP contribution in [0.5, 0.6) is 0 Å². The molecule has 1 unspecified atom stereocenters. The van der Waals surface area contributed by atoms with Gasteiger partial charge in [-0.1, -0.05) is 13.8 Å². The van der Waals surface area contributed by atoms with E-state index in [1.54, 1.807) is 6.92 Å². The molecule has 0 amide bonds. The van der Waals surface area contributed by atoms with Gasteiger partial charge in [0.05, 0.1) is 12.5 Å². The van der Waals surface area contributed by atoms with Crippen molar-refractivity contribution in [2.24, 2.45) is 17.8 Å². The Morgan fingerprint density at radius 2 is 1.86 bits per heavy atom. The summed E-state index contributed by atoms with van der Waals surface area (Å²) in [5.74, 6) is 0.0863. The molecule has 0 heterocycles. The highest BCUT2D eigenvalue weighted by Crippen LogP contribution is 2.30. The largest absolute Gasteiger partial charge is 0.466 e. The Labute approximate surface area is 84.8 Å². The van der Waals surface area contributed by atoms with Crippen LogP contribution in [0.1, 0.15) is 33.6 Å². The van der Waals surface area contributed by atoms with Crippen LogP contribution in [0.2, 0.25) is 0 Å². The van der Waals surface area contributed by atoms with Crippen molar-refractivity contribution >= 4 is 11.8 Å². The fourth-order valence-corrected chi connectivity index (χ4v) is 2.12. The van der Waals surface area contributed by atoms with Gasteiger partial charge < -0.3 is 4.74 Å². The molecule has 1 saturated carbocycles. The molecule has 1 aliphatic carbocycles. The third kappa shape index (κ3) is 2.34. The average molecular weight is 198 g/mol. The average Bonchev–Trinajstić information content (AvgIpc) is 2.13. The number of carbonyl (C=O) groups excluding carboxylic acids is 2. The predicted octanol–water partition coefficient (Wildman–Crippen LogP) is 1.80. The van der Waals surface area contributed by atoms with Crippen LogP contribution < -0.4 is 0 Å². The van der Waals surface area contributed by atoms with Crippen molar-refractivity contribution in [2.45, 2.75) is 33.6 Å². The Morgan fingerprint density at radius 1 is 1.36 bits per heavy atom. The van der Waals surface area contributed by atoms with Crippen LogP contribution >= 0.6 is 0 Å². The molecular formula is C11H18O3. The van der Waals surface area contributed by atoms with Gasteiger partial charge >= 0.3 is 5.97 Å². The van der Waals surface area contributed by atoms with Gasteiger partial charge in [-0.15, -0.1) is 0 Å². The highest BCUT2D eigenvalue weighted by molar-refractivity contribution is 5.86. The first kappa shape index (κ1) is 11.2. The molecule has 3 nitrogen and oxygen atoms in total. The molecule has 14 heavy (non-hydrogen) atoms. The monoisotopic (exact) mass is 198 g/mol. The number of carbonyl (C=O) groups is 2. The zero-order valence-corrected chi connectivity index (χ0v) is 9.08. The number of Topliss-reactive ketones (excluding diaryl/α,β-unsaturated/α-hetero) is 1. The van der Waals surface area contributed by atoms with E-state index in [1.807, 2.05) is 13.8 Å². The number of rotatable bonds is 2. The highest BCUT2D eigenvalue weighted by Gasteiger charge is 2.35. The summed E-state index contributed by atoms with van der Waals surface area (Å²) in [5, 5.41) is 0. The van der Waals surface area contributed by atoms with Crippen LogP contribution in [0.25, 0.3) is 0 Å². The minimum Gasteiger partial charge on any atom is -0.466 e. The van der Waals surface area contributed by atoms with Gasteiger partial charge in [-0.3, -0.25) is 9.59 Å². The molecule has 1 aliphatic rings. The van der Waals surface area contributed by atoms with Crippen molar-refractivity contribution in [1.82, 2.24) is 0 Å². The normalized spacial score (nSPS) is 32.8. The molecule has 1 fully saturated rings. The smallest absolute Gasteiger partial charge is 0.308 e. The molecule has 1 rings (SSSR count). The van der Waals surface area contributed by atoms with Crippen LogP contribution in [-0.2, 0) is 14.3 Å². The van der Waals surface area contributed by atoms with Crippen molar-refractivity contribution in [2.75, 3.05) is 6.61 Å². The molecule has 0 N–H and O–H groups in total. The second kappa shape index (κ2) is 4.58. The van der Waals surface area contributed by atoms with Gasteiger partial charge in [-0.05, 0) is 19.8 Å². The molecule has 0 aromatic rings. The summed E-state index contributed by atoms with van der Waals surface area (Å²) >= 11 is 0. The molecule has 0 radical (unpaired) electrons. The molecule has 3 atom stereocenters. The second-order valence-electron chi connectivity index (χ2n) is 4.12. The fraction of sp³-hybridized carbons (Fsp3) is 0.818. The third-order valence-electron chi connectivity index (χ3n) is 2.87. The van der Waals surface area contributed by atoms with Gasteiger partial charge in [0.1, 0.15) is 5.78 Å². The van der Waals surface area contributed by atoms with Crippen molar-refractivity contribution in [3.8, 4) is 0 Å². The van der Waals surface area contributed by atoms with Crippen LogP contribution in [0, 0.1) is 17.8 Å². The topological polar surface area (TPSA) is 43.4 Å². The molecule has 0 aromatic heterocycles. The van der Waals surface area contributed by atoms with Gasteiger partial charge in [0.25, 0.3) is 0 Å². The van der Waals surface area contributed by atoms with E-state index >= 15 is 0 Å². The predicted molar refractivity (Wildman–Crippen MR) is 52.7 cm³/mol. The Kier molecular flexibility index (Phi) is 3.67. The number of ketones is 1. The quantitative estimate of drug-likeness (QED) is 0.635. The zero-order chi connectivity index (χ0) is 10.7. The molecule has 3 heteroatoms. The zero-order valence-electron chi connectivity index (χ0n) is 9.08. The summed E-state index contributed by atoms with van der Waals surface area (Å²) in [4.78, 5) is 23.0. The van der Waals surface area contributed by atoms with Crippen LogP contribution in [0.15, 0.2) is 0 Å². The standard InChI is InChI=1S/C11H18O3/c1-4-14-11(13)9-5-7(2)10(12)8(3)6-9/h7-9H,4-6H2,1-3H3/t7-,8+,9?. The van der Waals surface area contributed by atoms with Crippen molar-refractivity contribution in [1.29, 1.82) is 0 Å². The third-order valence-corrected chi connectivity index (χ3v) is 2.87. The molecule has 0 aromatic carbocycles. The summed E-state index contributed by atoms with van der Waals surface area (Å²) in [7, 11) is 0. The molecule has 0 spiro atoms. The van der Waals surface area contributed by atoms with Gasteiger partial charge in [0, 0.05) is 11.8 Å². The SMILES string of the molecule is CCOC(=O)C1C[C@@H](C)C(=O)[C@@H](C)C1. The second-order valence-corrected chi connectivity index (χ2v) is 4.12. The first-order valence-electron chi connectivity index (χ1n) is 5.26. The van der Waals surface area contributed by atoms with E-state index in [0.29, 0.717) is 19.4 Å². The summed E-state index contributed by atoms with van der Waals surface area (Å²) < 4.78 is 4.96.